The zero-order valence-corrected chi connectivity index (χ0v) is 14.6. The van der Waals surface area contributed by atoms with Crippen LogP contribution in [0.25, 0.3) is 37.1 Å². The maximum atomic E-state index is 3.87. The molecule has 2 aromatic heterocycles. The van der Waals surface area contributed by atoms with E-state index < -0.39 is 0 Å². The molecule has 5 rings (SSSR count). The number of thiazole rings is 1. The first-order valence-corrected chi connectivity index (χ1v) is 9.11. The third-order valence-electron chi connectivity index (χ3n) is 4.29. The van der Waals surface area contributed by atoms with Gasteiger partial charge in [-0.2, -0.15) is 0 Å². The van der Waals surface area contributed by atoms with E-state index in [0.29, 0.717) is 0 Å². The molecule has 0 aliphatic heterocycles. The number of para-hydroxylation sites is 1. The van der Waals surface area contributed by atoms with Crippen LogP contribution in [-0.2, 0) is 0 Å². The standard InChI is InChI=1S/C20H12BrNS/c21-19-18-14(13-7-2-1-3-8-13)9-6-11-16(18)22-15-10-4-5-12-17(15)23-20(19)22/h1-12H. The van der Waals surface area contributed by atoms with E-state index in [1.54, 1.807) is 0 Å². The molecule has 0 fully saturated rings. The van der Waals surface area contributed by atoms with Gasteiger partial charge in [0.05, 0.1) is 20.2 Å². The maximum Gasteiger partial charge on any atom is 0.116 e. The largest absolute Gasteiger partial charge is 0.299 e. The van der Waals surface area contributed by atoms with Crippen molar-refractivity contribution < 1.29 is 0 Å². The molecule has 110 valence electrons. The average molecular weight is 378 g/mol. The summed E-state index contributed by atoms with van der Waals surface area (Å²) in [5, 5.41) is 1.29. The molecule has 0 unspecified atom stereocenters. The average Bonchev–Trinajstić information content (AvgIpc) is 3.12. The molecule has 3 heteroatoms. The van der Waals surface area contributed by atoms with Gasteiger partial charge >= 0.3 is 0 Å². The Bertz CT molecular complexity index is 1170. The summed E-state index contributed by atoms with van der Waals surface area (Å²) < 4.78 is 4.87. The molecule has 1 nitrogen and oxygen atoms in total. The van der Waals surface area contributed by atoms with Crippen molar-refractivity contribution in [1.29, 1.82) is 0 Å². The highest BCUT2D eigenvalue weighted by Crippen LogP contribution is 2.43. The van der Waals surface area contributed by atoms with Crippen molar-refractivity contribution >= 4 is 53.2 Å². The van der Waals surface area contributed by atoms with Gasteiger partial charge < -0.3 is 0 Å². The van der Waals surface area contributed by atoms with E-state index in [-0.39, 0.29) is 0 Å². The van der Waals surface area contributed by atoms with Gasteiger partial charge in [0, 0.05) is 5.39 Å². The summed E-state index contributed by atoms with van der Waals surface area (Å²) in [7, 11) is 0. The van der Waals surface area contributed by atoms with Gasteiger partial charge in [-0.1, -0.05) is 54.6 Å². The van der Waals surface area contributed by atoms with Crippen LogP contribution in [-0.4, -0.2) is 4.40 Å². The molecule has 2 heterocycles. The highest BCUT2D eigenvalue weighted by atomic mass is 79.9. The van der Waals surface area contributed by atoms with E-state index in [9.17, 15) is 0 Å². The minimum Gasteiger partial charge on any atom is -0.299 e. The van der Waals surface area contributed by atoms with Crippen LogP contribution in [0.2, 0.25) is 0 Å². The smallest absolute Gasteiger partial charge is 0.116 e. The SMILES string of the molecule is Brc1c2c(-c3ccccc3)cccc2n2c1sc1ccccc12. The summed E-state index contributed by atoms with van der Waals surface area (Å²) in [4.78, 5) is 1.27. The Morgan fingerprint density at radius 1 is 0.739 bits per heavy atom. The van der Waals surface area contributed by atoms with Gasteiger partial charge in [0.25, 0.3) is 0 Å². The predicted molar refractivity (Wildman–Crippen MR) is 103 cm³/mol. The molecule has 0 amide bonds. The van der Waals surface area contributed by atoms with Crippen LogP contribution in [0.5, 0.6) is 0 Å². The summed E-state index contributed by atoms with van der Waals surface area (Å²) in [6.45, 7) is 0. The number of nitrogens with zero attached hydrogens (tertiary/aromatic N) is 1. The minimum absolute atomic E-state index is 1.19. The molecule has 0 radical (unpaired) electrons. The van der Waals surface area contributed by atoms with E-state index in [2.05, 4.69) is 93.1 Å². The van der Waals surface area contributed by atoms with Gasteiger partial charge in [-0.05, 0) is 45.3 Å². The second-order valence-electron chi connectivity index (χ2n) is 5.59. The fourth-order valence-corrected chi connectivity index (χ4v) is 5.23. The van der Waals surface area contributed by atoms with Crippen LogP contribution < -0.4 is 0 Å². The minimum atomic E-state index is 1.19. The molecular weight excluding hydrogens is 366 g/mol. The molecule has 0 bridgehead atoms. The van der Waals surface area contributed by atoms with Crippen molar-refractivity contribution in [3.8, 4) is 11.1 Å². The molecule has 5 aromatic rings. The number of hydrogen-bond acceptors (Lipinski definition) is 1. The van der Waals surface area contributed by atoms with Gasteiger partial charge in [-0.3, -0.25) is 4.40 Å². The number of fused-ring (bicyclic) bond motifs is 5. The molecule has 0 aliphatic rings. The van der Waals surface area contributed by atoms with Crippen LogP contribution in [0.4, 0.5) is 0 Å². The molecule has 0 saturated carbocycles. The fraction of sp³-hybridized carbons (Fsp3) is 0. The Balaban J connectivity index is 1.99. The van der Waals surface area contributed by atoms with Crippen molar-refractivity contribution in [2.75, 3.05) is 0 Å². The Hall–Kier alpha value is -2.10. The van der Waals surface area contributed by atoms with Crippen molar-refractivity contribution in [2.24, 2.45) is 0 Å². The topological polar surface area (TPSA) is 4.41 Å². The van der Waals surface area contributed by atoms with Gasteiger partial charge in [0.1, 0.15) is 4.83 Å². The predicted octanol–water partition coefficient (Wildman–Crippen LogP) is 6.74. The third kappa shape index (κ3) is 1.84. The van der Waals surface area contributed by atoms with Crippen LogP contribution in [0, 0.1) is 0 Å². The first-order valence-electron chi connectivity index (χ1n) is 7.50. The molecular formula is C20H12BrNS. The van der Waals surface area contributed by atoms with Crippen LogP contribution in [0.3, 0.4) is 0 Å². The first-order chi connectivity index (χ1) is 11.3. The van der Waals surface area contributed by atoms with Crippen molar-refractivity contribution in [3.05, 3.63) is 77.3 Å². The van der Waals surface area contributed by atoms with E-state index in [1.807, 2.05) is 11.3 Å². The Kier molecular flexibility index (Phi) is 2.87. The summed E-state index contributed by atoms with van der Waals surface area (Å²) >= 11 is 5.70. The lowest BCUT2D eigenvalue weighted by molar-refractivity contribution is 1.37. The molecule has 23 heavy (non-hydrogen) atoms. The molecule has 0 atom stereocenters. The molecule has 0 N–H and O–H groups in total. The highest BCUT2D eigenvalue weighted by Gasteiger charge is 2.17. The van der Waals surface area contributed by atoms with Crippen LogP contribution in [0.1, 0.15) is 0 Å². The summed E-state index contributed by atoms with van der Waals surface area (Å²) in [5.74, 6) is 0. The lowest BCUT2D eigenvalue weighted by Crippen LogP contribution is -1.82. The fourth-order valence-electron chi connectivity index (χ4n) is 3.29. The summed E-state index contributed by atoms with van der Waals surface area (Å²) in [5.41, 5.74) is 5.05. The Labute approximate surface area is 145 Å². The Morgan fingerprint density at radius 2 is 1.48 bits per heavy atom. The normalized spacial score (nSPS) is 11.7. The number of rotatable bonds is 1. The number of hydrogen-bond donors (Lipinski definition) is 0. The second kappa shape index (κ2) is 4.95. The molecule has 0 aliphatic carbocycles. The van der Waals surface area contributed by atoms with E-state index in [0.717, 1.165) is 0 Å². The van der Waals surface area contributed by atoms with Crippen molar-refractivity contribution in [1.82, 2.24) is 4.40 Å². The quantitative estimate of drug-likeness (QED) is 0.304. The summed E-state index contributed by atoms with van der Waals surface area (Å²) in [6, 6.07) is 25.7. The molecule has 0 spiro atoms. The van der Waals surface area contributed by atoms with E-state index >= 15 is 0 Å². The van der Waals surface area contributed by atoms with Gasteiger partial charge in [-0.15, -0.1) is 11.3 Å². The van der Waals surface area contributed by atoms with E-state index in [1.165, 1.54) is 41.5 Å². The Morgan fingerprint density at radius 3 is 2.35 bits per heavy atom. The van der Waals surface area contributed by atoms with Gasteiger partial charge in [0.15, 0.2) is 0 Å². The second-order valence-corrected chi connectivity index (χ2v) is 7.41. The van der Waals surface area contributed by atoms with Crippen LogP contribution >= 0.6 is 27.3 Å². The maximum absolute atomic E-state index is 3.87. The molecule has 0 saturated heterocycles. The summed E-state index contributed by atoms with van der Waals surface area (Å²) in [6.07, 6.45) is 0. The monoisotopic (exact) mass is 377 g/mol. The zero-order valence-electron chi connectivity index (χ0n) is 12.2. The number of aromatic nitrogens is 1. The number of halogens is 1. The lowest BCUT2D eigenvalue weighted by atomic mass is 10.0. The third-order valence-corrected chi connectivity index (χ3v) is 6.47. The zero-order chi connectivity index (χ0) is 15.4. The van der Waals surface area contributed by atoms with Gasteiger partial charge in [-0.25, -0.2) is 0 Å². The highest BCUT2D eigenvalue weighted by molar-refractivity contribution is 9.11. The van der Waals surface area contributed by atoms with Gasteiger partial charge in [0.2, 0.25) is 0 Å². The first kappa shape index (κ1) is 13.3. The van der Waals surface area contributed by atoms with Crippen molar-refractivity contribution in [2.45, 2.75) is 0 Å². The molecule has 3 aromatic carbocycles. The van der Waals surface area contributed by atoms with Crippen molar-refractivity contribution in [3.63, 3.8) is 0 Å². The van der Waals surface area contributed by atoms with E-state index in [4.69, 9.17) is 0 Å². The number of benzene rings is 3. The lowest BCUT2D eigenvalue weighted by Gasteiger charge is -2.05. The van der Waals surface area contributed by atoms with Crippen LogP contribution in [0.15, 0.2) is 77.3 Å².